The fraction of sp³-hybridized carbons (Fsp3) is 0.588. The van der Waals surface area contributed by atoms with Crippen LogP contribution in [0.3, 0.4) is 0 Å². The summed E-state index contributed by atoms with van der Waals surface area (Å²) in [7, 11) is 0. The van der Waals surface area contributed by atoms with Gasteiger partial charge in [0.15, 0.2) is 0 Å². The number of amides is 1. The first kappa shape index (κ1) is 15.0. The molecule has 0 atom stereocenters. The summed E-state index contributed by atoms with van der Waals surface area (Å²) in [6, 6.07) is 5.87. The second-order valence-electron chi connectivity index (χ2n) is 6.14. The van der Waals surface area contributed by atoms with Crippen LogP contribution in [0.2, 0.25) is 0 Å². The summed E-state index contributed by atoms with van der Waals surface area (Å²) in [5, 5.41) is 13.5. The third-order valence-corrected chi connectivity index (χ3v) is 4.25. The topological polar surface area (TPSA) is 49.3 Å². The number of aryl methyl sites for hydroxylation is 2. The van der Waals surface area contributed by atoms with Crippen molar-refractivity contribution in [2.75, 3.05) is 6.54 Å². The molecule has 1 aromatic rings. The van der Waals surface area contributed by atoms with Gasteiger partial charge in [0.05, 0.1) is 5.60 Å². The Kier molecular flexibility index (Phi) is 4.81. The molecule has 1 aliphatic rings. The zero-order chi connectivity index (χ0) is 14.6. The highest BCUT2D eigenvalue weighted by Crippen LogP contribution is 2.26. The van der Waals surface area contributed by atoms with Crippen molar-refractivity contribution in [3.63, 3.8) is 0 Å². The Morgan fingerprint density at radius 3 is 2.50 bits per heavy atom. The Morgan fingerprint density at radius 1 is 1.20 bits per heavy atom. The van der Waals surface area contributed by atoms with Crippen molar-refractivity contribution in [3.8, 4) is 0 Å². The van der Waals surface area contributed by atoms with Gasteiger partial charge in [-0.15, -0.1) is 0 Å². The molecule has 110 valence electrons. The van der Waals surface area contributed by atoms with E-state index in [9.17, 15) is 9.90 Å². The van der Waals surface area contributed by atoms with E-state index < -0.39 is 5.60 Å². The monoisotopic (exact) mass is 275 g/mol. The van der Waals surface area contributed by atoms with Crippen LogP contribution in [0.5, 0.6) is 0 Å². The second-order valence-corrected chi connectivity index (χ2v) is 6.14. The molecular formula is C17H25NO2. The van der Waals surface area contributed by atoms with E-state index in [1.807, 2.05) is 32.0 Å². The van der Waals surface area contributed by atoms with E-state index in [0.29, 0.717) is 12.1 Å². The minimum absolute atomic E-state index is 0.0797. The maximum Gasteiger partial charge on any atom is 0.251 e. The lowest BCUT2D eigenvalue weighted by atomic mass is 9.94. The van der Waals surface area contributed by atoms with Gasteiger partial charge in [-0.3, -0.25) is 4.79 Å². The first-order valence-electron chi connectivity index (χ1n) is 7.58. The van der Waals surface area contributed by atoms with Gasteiger partial charge >= 0.3 is 0 Å². The minimum atomic E-state index is -0.718. The lowest BCUT2D eigenvalue weighted by molar-refractivity contribution is 0.0246. The fourth-order valence-electron chi connectivity index (χ4n) is 2.88. The molecule has 0 spiro atoms. The molecule has 1 saturated carbocycles. The van der Waals surface area contributed by atoms with Crippen LogP contribution in [0.15, 0.2) is 18.2 Å². The predicted molar refractivity (Wildman–Crippen MR) is 80.9 cm³/mol. The largest absolute Gasteiger partial charge is 0.388 e. The average Bonchev–Trinajstić information content (AvgIpc) is 2.64. The molecule has 2 N–H and O–H groups in total. The molecule has 3 heteroatoms. The summed E-state index contributed by atoms with van der Waals surface area (Å²) >= 11 is 0. The van der Waals surface area contributed by atoms with Crippen molar-refractivity contribution in [2.45, 2.75) is 58.0 Å². The van der Waals surface area contributed by atoms with Crippen molar-refractivity contribution in [2.24, 2.45) is 0 Å². The van der Waals surface area contributed by atoms with Gasteiger partial charge in [-0.25, -0.2) is 0 Å². The van der Waals surface area contributed by atoms with Crippen LogP contribution in [0.25, 0.3) is 0 Å². The predicted octanol–water partition coefficient (Wildman–Crippen LogP) is 3.12. The number of nitrogens with one attached hydrogen (secondary N) is 1. The number of hydrogen-bond donors (Lipinski definition) is 2. The van der Waals surface area contributed by atoms with Crippen molar-refractivity contribution in [1.82, 2.24) is 5.32 Å². The van der Waals surface area contributed by atoms with E-state index in [2.05, 4.69) is 5.32 Å². The van der Waals surface area contributed by atoms with Gasteiger partial charge in [0.1, 0.15) is 0 Å². The standard InChI is InChI=1S/C17H25NO2/c1-13-7-8-14(2)15(11-13)16(19)18-12-17(20)9-5-3-4-6-10-17/h7-8,11,20H,3-6,9-10,12H2,1-2H3,(H,18,19). The normalized spacial score (nSPS) is 18.4. The molecule has 0 radical (unpaired) electrons. The van der Waals surface area contributed by atoms with Gasteiger partial charge < -0.3 is 10.4 Å². The molecule has 20 heavy (non-hydrogen) atoms. The number of rotatable bonds is 3. The molecule has 0 aromatic heterocycles. The van der Waals surface area contributed by atoms with Gasteiger partial charge in [-0.05, 0) is 38.3 Å². The van der Waals surface area contributed by atoms with Gasteiger partial charge in [-0.1, -0.05) is 43.4 Å². The Bertz CT molecular complexity index is 474. The highest BCUT2D eigenvalue weighted by atomic mass is 16.3. The van der Waals surface area contributed by atoms with E-state index in [1.165, 1.54) is 12.8 Å². The molecule has 0 heterocycles. The molecule has 0 unspecified atom stereocenters. The van der Waals surface area contributed by atoms with E-state index in [-0.39, 0.29) is 5.91 Å². The molecule has 1 aromatic carbocycles. The molecule has 1 aliphatic carbocycles. The summed E-state index contributed by atoms with van der Waals surface area (Å²) in [5.41, 5.74) is 2.04. The van der Waals surface area contributed by atoms with Gasteiger partial charge in [0.2, 0.25) is 0 Å². The third-order valence-electron chi connectivity index (χ3n) is 4.25. The van der Waals surface area contributed by atoms with Crippen LogP contribution in [0.1, 0.15) is 60.0 Å². The molecular weight excluding hydrogens is 250 g/mol. The van der Waals surface area contributed by atoms with Crippen molar-refractivity contribution < 1.29 is 9.90 Å². The number of carbonyl (C=O) groups is 1. The van der Waals surface area contributed by atoms with Crippen LogP contribution in [0.4, 0.5) is 0 Å². The highest BCUT2D eigenvalue weighted by molar-refractivity contribution is 5.95. The van der Waals surface area contributed by atoms with E-state index >= 15 is 0 Å². The number of carbonyl (C=O) groups excluding carboxylic acids is 1. The Hall–Kier alpha value is -1.35. The molecule has 1 amide bonds. The Morgan fingerprint density at radius 2 is 1.85 bits per heavy atom. The number of benzene rings is 1. The van der Waals surface area contributed by atoms with Crippen LogP contribution in [0, 0.1) is 13.8 Å². The lowest BCUT2D eigenvalue weighted by Crippen LogP contribution is -2.42. The van der Waals surface area contributed by atoms with E-state index in [1.54, 1.807) is 0 Å². The highest BCUT2D eigenvalue weighted by Gasteiger charge is 2.28. The van der Waals surface area contributed by atoms with Crippen molar-refractivity contribution >= 4 is 5.91 Å². The van der Waals surface area contributed by atoms with Crippen molar-refractivity contribution in [3.05, 3.63) is 34.9 Å². The number of hydrogen-bond acceptors (Lipinski definition) is 2. The molecule has 1 fully saturated rings. The zero-order valence-corrected chi connectivity index (χ0v) is 12.5. The van der Waals surface area contributed by atoms with Gasteiger partial charge in [-0.2, -0.15) is 0 Å². The maximum atomic E-state index is 12.3. The van der Waals surface area contributed by atoms with Crippen LogP contribution >= 0.6 is 0 Å². The number of aliphatic hydroxyl groups is 1. The quantitative estimate of drug-likeness (QED) is 0.833. The van der Waals surface area contributed by atoms with Gasteiger partial charge in [0.25, 0.3) is 5.91 Å². The molecule has 3 nitrogen and oxygen atoms in total. The minimum Gasteiger partial charge on any atom is -0.388 e. The molecule has 0 saturated heterocycles. The molecule has 0 bridgehead atoms. The zero-order valence-electron chi connectivity index (χ0n) is 12.5. The van der Waals surface area contributed by atoms with Crippen LogP contribution in [-0.4, -0.2) is 23.2 Å². The smallest absolute Gasteiger partial charge is 0.251 e. The third kappa shape index (κ3) is 3.83. The van der Waals surface area contributed by atoms with E-state index in [0.717, 1.165) is 36.8 Å². The van der Waals surface area contributed by atoms with Crippen molar-refractivity contribution in [1.29, 1.82) is 0 Å². The second kappa shape index (κ2) is 6.40. The van der Waals surface area contributed by atoms with Gasteiger partial charge in [0, 0.05) is 12.1 Å². The van der Waals surface area contributed by atoms with Crippen LogP contribution < -0.4 is 5.32 Å². The molecule has 0 aliphatic heterocycles. The molecule has 2 rings (SSSR count). The summed E-state index contributed by atoms with van der Waals surface area (Å²) in [6.45, 7) is 4.28. The lowest BCUT2D eigenvalue weighted by Gasteiger charge is -2.27. The average molecular weight is 275 g/mol. The summed E-state index contributed by atoms with van der Waals surface area (Å²) in [5.74, 6) is -0.0797. The maximum absolute atomic E-state index is 12.3. The summed E-state index contributed by atoms with van der Waals surface area (Å²) in [6.07, 6.45) is 6.06. The first-order valence-corrected chi connectivity index (χ1v) is 7.58. The SMILES string of the molecule is Cc1ccc(C)c(C(=O)NCC2(O)CCCCCC2)c1. The summed E-state index contributed by atoms with van der Waals surface area (Å²) < 4.78 is 0. The Labute approximate surface area is 121 Å². The first-order chi connectivity index (χ1) is 9.50. The van der Waals surface area contributed by atoms with Crippen LogP contribution in [-0.2, 0) is 0 Å². The fourth-order valence-corrected chi connectivity index (χ4v) is 2.88. The summed E-state index contributed by atoms with van der Waals surface area (Å²) in [4.78, 5) is 12.3. The van der Waals surface area contributed by atoms with E-state index in [4.69, 9.17) is 0 Å². The Balaban J connectivity index is 1.99.